The molecule has 2 rings (SSSR count). The van der Waals surface area contributed by atoms with Crippen LogP contribution < -0.4 is 10.6 Å². The van der Waals surface area contributed by atoms with Crippen LogP contribution in [0.15, 0.2) is 33.7 Å². The summed E-state index contributed by atoms with van der Waals surface area (Å²) >= 11 is 3.48. The van der Waals surface area contributed by atoms with Crippen LogP contribution >= 0.6 is 39.9 Å². The largest absolute Gasteiger partial charge is 0.357 e. The highest BCUT2D eigenvalue weighted by molar-refractivity contribution is 14.0. The van der Waals surface area contributed by atoms with E-state index < -0.39 is 0 Å². The lowest BCUT2D eigenvalue weighted by molar-refractivity contribution is 0.198. The average molecular weight is 505 g/mol. The highest BCUT2D eigenvalue weighted by Crippen LogP contribution is 2.16. The van der Waals surface area contributed by atoms with Gasteiger partial charge >= 0.3 is 0 Å². The number of aliphatic imine (C=N–C) groups is 1. The Morgan fingerprint density at radius 2 is 2.00 bits per heavy atom. The number of hydrogen-bond donors (Lipinski definition) is 2. The summed E-state index contributed by atoms with van der Waals surface area (Å²) in [7, 11) is 0. The van der Waals surface area contributed by atoms with Gasteiger partial charge in [-0.25, -0.2) is 4.99 Å². The first kappa shape index (κ1) is 21.3. The van der Waals surface area contributed by atoms with Gasteiger partial charge < -0.3 is 10.6 Å². The number of benzene rings is 1. The van der Waals surface area contributed by atoms with Crippen molar-refractivity contribution in [3.63, 3.8) is 0 Å². The fourth-order valence-electron chi connectivity index (χ4n) is 2.72. The topological polar surface area (TPSA) is 39.7 Å². The Balaban J connectivity index is 0.00000288. The van der Waals surface area contributed by atoms with E-state index in [4.69, 9.17) is 6.42 Å². The minimum Gasteiger partial charge on any atom is -0.357 e. The predicted molar refractivity (Wildman–Crippen MR) is 116 cm³/mol. The average Bonchev–Trinajstić information content (AvgIpc) is 2.57. The molecule has 4 nitrogen and oxygen atoms in total. The van der Waals surface area contributed by atoms with Crippen LogP contribution in [-0.2, 0) is 6.54 Å². The van der Waals surface area contributed by atoms with Gasteiger partial charge in [0, 0.05) is 36.7 Å². The molecule has 0 amide bonds. The predicted octanol–water partition coefficient (Wildman–Crippen LogP) is 3.22. The lowest BCUT2D eigenvalue weighted by atomic mass is 10.0. The quantitative estimate of drug-likeness (QED) is 0.280. The summed E-state index contributed by atoms with van der Waals surface area (Å²) in [6, 6.07) is 9.04. The molecular formula is C18H26BrIN4. The smallest absolute Gasteiger partial charge is 0.192 e. The molecule has 0 aromatic heterocycles. The molecule has 0 saturated carbocycles. The van der Waals surface area contributed by atoms with E-state index in [2.05, 4.69) is 73.6 Å². The molecule has 0 radical (unpaired) electrons. The first-order valence-corrected chi connectivity index (χ1v) is 8.95. The van der Waals surface area contributed by atoms with E-state index in [0.29, 0.717) is 12.6 Å². The van der Waals surface area contributed by atoms with Gasteiger partial charge in [0.15, 0.2) is 5.96 Å². The second-order valence-electron chi connectivity index (χ2n) is 5.72. The van der Waals surface area contributed by atoms with E-state index >= 15 is 0 Å². The van der Waals surface area contributed by atoms with E-state index in [9.17, 15) is 0 Å². The van der Waals surface area contributed by atoms with Crippen LogP contribution in [0.3, 0.4) is 0 Å². The molecule has 1 aromatic rings. The van der Waals surface area contributed by atoms with E-state index in [0.717, 1.165) is 49.5 Å². The molecule has 6 heteroatoms. The molecule has 1 aliphatic rings. The number of terminal acetylenes is 1. The molecule has 1 aliphatic heterocycles. The third-order valence-corrected chi connectivity index (χ3v) is 4.45. The van der Waals surface area contributed by atoms with Gasteiger partial charge in [-0.1, -0.05) is 34.0 Å². The molecule has 0 bridgehead atoms. The van der Waals surface area contributed by atoms with Crippen LogP contribution in [0, 0.1) is 12.3 Å². The summed E-state index contributed by atoms with van der Waals surface area (Å²) < 4.78 is 1.13. The van der Waals surface area contributed by atoms with E-state index in [1.165, 1.54) is 5.56 Å². The molecule has 1 saturated heterocycles. The Hall–Kier alpha value is -0.780. The van der Waals surface area contributed by atoms with Gasteiger partial charge in [-0.2, -0.15) is 0 Å². The summed E-state index contributed by atoms with van der Waals surface area (Å²) in [5, 5.41) is 6.74. The fourth-order valence-corrected chi connectivity index (χ4v) is 2.99. The van der Waals surface area contributed by atoms with Crippen LogP contribution in [0.5, 0.6) is 0 Å². The first-order chi connectivity index (χ1) is 11.2. The second-order valence-corrected chi connectivity index (χ2v) is 6.64. The highest BCUT2D eigenvalue weighted by Gasteiger charge is 2.19. The van der Waals surface area contributed by atoms with Crippen LogP contribution in [0.25, 0.3) is 0 Å². The number of nitrogens with one attached hydrogen (secondary N) is 2. The number of likely N-dealkylation sites (tertiary alicyclic amines) is 1. The molecule has 0 atom stereocenters. The highest BCUT2D eigenvalue weighted by atomic mass is 127. The number of piperidine rings is 1. The van der Waals surface area contributed by atoms with Crippen molar-refractivity contribution in [1.29, 1.82) is 0 Å². The summed E-state index contributed by atoms with van der Waals surface area (Å²) in [4.78, 5) is 6.87. The third-order valence-electron chi connectivity index (χ3n) is 3.92. The van der Waals surface area contributed by atoms with Gasteiger partial charge in [0.2, 0.25) is 0 Å². The van der Waals surface area contributed by atoms with E-state index in [1.807, 2.05) is 0 Å². The normalized spacial score (nSPS) is 16.1. The van der Waals surface area contributed by atoms with Crippen molar-refractivity contribution >= 4 is 45.9 Å². The van der Waals surface area contributed by atoms with Gasteiger partial charge in [0.05, 0.1) is 0 Å². The zero-order valence-corrected chi connectivity index (χ0v) is 18.0. The van der Waals surface area contributed by atoms with Crippen molar-refractivity contribution in [3.8, 4) is 12.3 Å². The van der Waals surface area contributed by atoms with Gasteiger partial charge in [0.1, 0.15) is 6.54 Å². The molecule has 1 aromatic carbocycles. The Bertz CT molecular complexity index is 545. The minimum atomic E-state index is 0. The van der Waals surface area contributed by atoms with Gasteiger partial charge in [0.25, 0.3) is 0 Å². The lowest BCUT2D eigenvalue weighted by Crippen LogP contribution is -2.48. The zero-order chi connectivity index (χ0) is 16.5. The molecule has 1 fully saturated rings. The second kappa shape index (κ2) is 11.7. The SMILES string of the molecule is C#CCN=C(NCC)NC1CCN(Cc2ccc(Br)cc2)CC1.I. The molecule has 0 spiro atoms. The maximum absolute atomic E-state index is 5.28. The molecule has 1 heterocycles. The molecule has 24 heavy (non-hydrogen) atoms. The first-order valence-electron chi connectivity index (χ1n) is 8.16. The number of rotatable bonds is 5. The monoisotopic (exact) mass is 504 g/mol. The lowest BCUT2D eigenvalue weighted by Gasteiger charge is -2.33. The van der Waals surface area contributed by atoms with Gasteiger partial charge in [-0.3, -0.25) is 4.90 Å². The molecule has 2 N–H and O–H groups in total. The Labute approximate surface area is 171 Å². The number of guanidine groups is 1. The Morgan fingerprint density at radius 3 is 2.58 bits per heavy atom. The summed E-state index contributed by atoms with van der Waals surface area (Å²) in [6.45, 7) is 6.54. The molecular weight excluding hydrogens is 479 g/mol. The van der Waals surface area contributed by atoms with Crippen LogP contribution in [-0.4, -0.2) is 43.1 Å². The minimum absolute atomic E-state index is 0. The number of hydrogen-bond acceptors (Lipinski definition) is 2. The maximum atomic E-state index is 5.28. The Morgan fingerprint density at radius 1 is 1.33 bits per heavy atom. The summed E-state index contributed by atoms with van der Waals surface area (Å²) in [5.74, 6) is 3.38. The Kier molecular flexibility index (Phi) is 10.4. The number of nitrogens with zero attached hydrogens (tertiary/aromatic N) is 2. The van der Waals surface area contributed by atoms with E-state index in [1.54, 1.807) is 0 Å². The third kappa shape index (κ3) is 7.41. The van der Waals surface area contributed by atoms with Crippen LogP contribution in [0.1, 0.15) is 25.3 Å². The van der Waals surface area contributed by atoms with Crippen molar-refractivity contribution in [2.24, 2.45) is 4.99 Å². The standard InChI is InChI=1S/C18H25BrN4.HI/c1-3-11-21-18(20-4-2)22-17-9-12-23(13-10-17)14-15-5-7-16(19)8-6-15;/h1,5-8,17H,4,9-14H2,2H3,(H2,20,21,22);1H. The van der Waals surface area contributed by atoms with Crippen molar-refractivity contribution in [3.05, 3.63) is 34.3 Å². The fraction of sp³-hybridized carbons (Fsp3) is 0.500. The van der Waals surface area contributed by atoms with E-state index in [-0.39, 0.29) is 24.0 Å². The molecule has 0 unspecified atom stereocenters. The summed E-state index contributed by atoms with van der Waals surface area (Å²) in [5.41, 5.74) is 1.36. The van der Waals surface area contributed by atoms with Crippen molar-refractivity contribution in [2.45, 2.75) is 32.4 Å². The van der Waals surface area contributed by atoms with Crippen LogP contribution in [0.2, 0.25) is 0 Å². The summed E-state index contributed by atoms with van der Waals surface area (Å²) in [6.07, 6.45) is 7.53. The zero-order valence-electron chi connectivity index (χ0n) is 14.1. The maximum Gasteiger partial charge on any atom is 0.192 e. The van der Waals surface area contributed by atoms with Crippen molar-refractivity contribution in [2.75, 3.05) is 26.2 Å². The van der Waals surface area contributed by atoms with Gasteiger partial charge in [-0.05, 0) is 37.5 Å². The van der Waals surface area contributed by atoms with Crippen LogP contribution in [0.4, 0.5) is 0 Å². The number of halogens is 2. The molecule has 0 aliphatic carbocycles. The van der Waals surface area contributed by atoms with Crippen molar-refractivity contribution < 1.29 is 0 Å². The molecule has 132 valence electrons. The van der Waals surface area contributed by atoms with Gasteiger partial charge in [-0.15, -0.1) is 30.4 Å². The van der Waals surface area contributed by atoms with Crippen molar-refractivity contribution in [1.82, 2.24) is 15.5 Å².